The number of benzene rings is 2. The van der Waals surface area contributed by atoms with Crippen molar-refractivity contribution in [2.75, 3.05) is 6.61 Å². The van der Waals surface area contributed by atoms with E-state index in [1.54, 1.807) is 6.07 Å². The Labute approximate surface area is 144 Å². The van der Waals surface area contributed by atoms with Gasteiger partial charge in [0.05, 0.1) is 17.1 Å². The third kappa shape index (κ3) is 4.76. The van der Waals surface area contributed by atoms with E-state index in [-0.39, 0.29) is 17.7 Å². The maximum Gasteiger partial charge on any atom is 0.276 e. The molecule has 0 heterocycles. The van der Waals surface area contributed by atoms with Gasteiger partial charge in [-0.2, -0.15) is 0 Å². The van der Waals surface area contributed by atoms with Gasteiger partial charge in [-0.3, -0.25) is 14.9 Å². The van der Waals surface area contributed by atoms with Gasteiger partial charge in [-0.1, -0.05) is 19.1 Å². The van der Waals surface area contributed by atoms with Crippen LogP contribution in [-0.2, 0) is 6.54 Å². The molecule has 0 saturated heterocycles. The van der Waals surface area contributed by atoms with Gasteiger partial charge in [-0.05, 0) is 37.1 Å². The fourth-order valence-electron chi connectivity index (χ4n) is 2.23. The van der Waals surface area contributed by atoms with E-state index in [1.165, 1.54) is 6.92 Å². The smallest absolute Gasteiger partial charge is 0.276 e. The number of nitro groups is 1. The monoisotopic (exact) mass is 346 g/mol. The van der Waals surface area contributed by atoms with Crippen molar-refractivity contribution < 1.29 is 18.8 Å². The summed E-state index contributed by atoms with van der Waals surface area (Å²) in [5.41, 5.74) is 0.208. The van der Waals surface area contributed by atoms with E-state index in [1.807, 2.05) is 25.1 Å². The molecule has 0 aliphatic carbocycles. The highest BCUT2D eigenvalue weighted by Gasteiger charge is 2.19. The van der Waals surface area contributed by atoms with Crippen LogP contribution in [0.1, 0.15) is 34.8 Å². The second-order valence-corrected chi connectivity index (χ2v) is 5.54. The number of carbonyl (C=O) groups is 1. The minimum atomic E-state index is -0.783. The molecule has 2 aromatic carbocycles. The Morgan fingerprint density at radius 1 is 1.32 bits per heavy atom. The Kier molecular flexibility index (Phi) is 6.05. The highest BCUT2D eigenvalue weighted by Crippen LogP contribution is 2.23. The number of hydrogen-bond acceptors (Lipinski definition) is 4. The molecule has 0 atom stereocenters. The topological polar surface area (TPSA) is 81.5 Å². The third-order valence-corrected chi connectivity index (χ3v) is 3.60. The molecule has 0 aliphatic heterocycles. The van der Waals surface area contributed by atoms with Crippen LogP contribution in [0.2, 0.25) is 0 Å². The Morgan fingerprint density at radius 3 is 2.76 bits per heavy atom. The standard InChI is InChI=1S/C18H19FN2O4/c1-3-7-25-15-6-4-5-13(8-15)11-20-18(22)14-9-16(19)12(2)17(10-14)21(23)24/h4-6,8-10H,3,7,11H2,1-2H3,(H,20,22). The molecule has 25 heavy (non-hydrogen) atoms. The Balaban J connectivity index is 2.09. The first-order valence-electron chi connectivity index (χ1n) is 7.86. The highest BCUT2D eigenvalue weighted by atomic mass is 19.1. The number of amides is 1. The van der Waals surface area contributed by atoms with Gasteiger partial charge in [0.25, 0.3) is 11.6 Å². The van der Waals surface area contributed by atoms with Crippen molar-refractivity contribution >= 4 is 11.6 Å². The summed E-state index contributed by atoms with van der Waals surface area (Å²) in [5, 5.41) is 13.6. The van der Waals surface area contributed by atoms with Crippen molar-refractivity contribution in [1.82, 2.24) is 5.32 Å². The van der Waals surface area contributed by atoms with E-state index < -0.39 is 22.3 Å². The Morgan fingerprint density at radius 2 is 2.08 bits per heavy atom. The molecule has 2 rings (SSSR count). The third-order valence-electron chi connectivity index (χ3n) is 3.60. The number of nitro benzene ring substituents is 1. The summed E-state index contributed by atoms with van der Waals surface area (Å²) in [4.78, 5) is 22.4. The van der Waals surface area contributed by atoms with E-state index >= 15 is 0 Å². The fraction of sp³-hybridized carbons (Fsp3) is 0.278. The molecule has 0 spiro atoms. The van der Waals surface area contributed by atoms with Crippen molar-refractivity contribution in [2.45, 2.75) is 26.8 Å². The zero-order valence-electron chi connectivity index (χ0n) is 14.0. The van der Waals surface area contributed by atoms with Gasteiger partial charge in [0.15, 0.2) is 0 Å². The number of hydrogen-bond donors (Lipinski definition) is 1. The molecule has 0 unspecified atom stereocenters. The molecule has 0 aliphatic rings. The van der Waals surface area contributed by atoms with Gasteiger partial charge in [0, 0.05) is 18.2 Å². The molecule has 132 valence electrons. The lowest BCUT2D eigenvalue weighted by Gasteiger charge is -2.09. The van der Waals surface area contributed by atoms with E-state index in [0.717, 1.165) is 24.1 Å². The van der Waals surface area contributed by atoms with Gasteiger partial charge in [0.1, 0.15) is 11.6 Å². The molecule has 0 bridgehead atoms. The molecule has 1 amide bonds. The maximum atomic E-state index is 13.8. The average Bonchev–Trinajstić information content (AvgIpc) is 2.60. The molecule has 1 N–H and O–H groups in total. The highest BCUT2D eigenvalue weighted by molar-refractivity contribution is 5.95. The van der Waals surface area contributed by atoms with Crippen molar-refractivity contribution in [2.24, 2.45) is 0 Å². The van der Waals surface area contributed by atoms with Crippen LogP contribution >= 0.6 is 0 Å². The number of rotatable bonds is 7. The SMILES string of the molecule is CCCOc1cccc(CNC(=O)c2cc(F)c(C)c([N+](=O)[O-])c2)c1. The lowest BCUT2D eigenvalue weighted by atomic mass is 10.1. The summed E-state index contributed by atoms with van der Waals surface area (Å²) >= 11 is 0. The minimum Gasteiger partial charge on any atom is -0.494 e. The zero-order valence-corrected chi connectivity index (χ0v) is 14.0. The van der Waals surface area contributed by atoms with E-state index in [2.05, 4.69) is 5.32 Å². The Hall–Kier alpha value is -2.96. The van der Waals surface area contributed by atoms with Gasteiger partial charge in [-0.15, -0.1) is 0 Å². The summed E-state index contributed by atoms with van der Waals surface area (Å²) in [5.74, 6) is -0.665. The van der Waals surface area contributed by atoms with Crippen molar-refractivity contribution in [1.29, 1.82) is 0 Å². The predicted octanol–water partition coefficient (Wildman–Crippen LogP) is 3.76. The summed E-state index contributed by atoms with van der Waals surface area (Å²) in [7, 11) is 0. The van der Waals surface area contributed by atoms with Gasteiger partial charge >= 0.3 is 0 Å². The van der Waals surface area contributed by atoms with Crippen molar-refractivity contribution in [3.63, 3.8) is 0 Å². The van der Waals surface area contributed by atoms with Crippen LogP contribution in [0.25, 0.3) is 0 Å². The van der Waals surface area contributed by atoms with Gasteiger partial charge < -0.3 is 10.1 Å². The molecular formula is C18H19FN2O4. The van der Waals surface area contributed by atoms with Crippen molar-refractivity contribution in [3.05, 3.63) is 69.0 Å². The largest absolute Gasteiger partial charge is 0.494 e. The maximum absolute atomic E-state index is 13.8. The molecule has 0 radical (unpaired) electrons. The predicted molar refractivity (Wildman–Crippen MR) is 91.2 cm³/mol. The second kappa shape index (κ2) is 8.23. The number of nitrogens with one attached hydrogen (secondary N) is 1. The zero-order chi connectivity index (χ0) is 18.4. The molecule has 0 saturated carbocycles. The lowest BCUT2D eigenvalue weighted by molar-refractivity contribution is -0.385. The van der Waals surface area contributed by atoms with Crippen molar-refractivity contribution in [3.8, 4) is 5.75 Å². The van der Waals surface area contributed by atoms with Crippen LogP contribution in [0.15, 0.2) is 36.4 Å². The average molecular weight is 346 g/mol. The first-order valence-corrected chi connectivity index (χ1v) is 7.86. The quantitative estimate of drug-likeness (QED) is 0.611. The van der Waals surface area contributed by atoms with E-state index in [0.29, 0.717) is 12.4 Å². The summed E-state index contributed by atoms with van der Waals surface area (Å²) < 4.78 is 19.3. The van der Waals surface area contributed by atoms with Crippen LogP contribution in [-0.4, -0.2) is 17.4 Å². The van der Waals surface area contributed by atoms with Crippen LogP contribution in [0.4, 0.5) is 10.1 Å². The van der Waals surface area contributed by atoms with Crippen LogP contribution in [0.5, 0.6) is 5.75 Å². The summed E-state index contributed by atoms with van der Waals surface area (Å²) in [6.45, 7) is 4.11. The van der Waals surface area contributed by atoms with E-state index in [9.17, 15) is 19.3 Å². The molecular weight excluding hydrogens is 327 g/mol. The first-order chi connectivity index (χ1) is 11.9. The lowest BCUT2D eigenvalue weighted by Crippen LogP contribution is -2.23. The summed E-state index contributed by atoms with van der Waals surface area (Å²) in [6, 6.07) is 9.32. The normalized spacial score (nSPS) is 10.4. The number of ether oxygens (including phenoxy) is 1. The minimum absolute atomic E-state index is 0.0896. The summed E-state index contributed by atoms with van der Waals surface area (Å²) in [6.07, 6.45) is 0.888. The number of nitrogens with zero attached hydrogens (tertiary/aromatic N) is 1. The molecule has 7 heteroatoms. The molecule has 6 nitrogen and oxygen atoms in total. The van der Waals surface area contributed by atoms with Crippen LogP contribution < -0.4 is 10.1 Å². The van der Waals surface area contributed by atoms with Crippen LogP contribution in [0, 0.1) is 22.9 Å². The second-order valence-electron chi connectivity index (χ2n) is 5.54. The molecule has 2 aromatic rings. The first kappa shape index (κ1) is 18.4. The number of carbonyl (C=O) groups excluding carboxylic acids is 1. The van der Waals surface area contributed by atoms with E-state index in [4.69, 9.17) is 4.74 Å². The van der Waals surface area contributed by atoms with Gasteiger partial charge in [-0.25, -0.2) is 4.39 Å². The van der Waals surface area contributed by atoms with Crippen LogP contribution in [0.3, 0.4) is 0 Å². The fourth-order valence-corrected chi connectivity index (χ4v) is 2.23. The van der Waals surface area contributed by atoms with Gasteiger partial charge in [0.2, 0.25) is 0 Å². The molecule has 0 fully saturated rings. The number of halogens is 1. The molecule has 0 aromatic heterocycles. The Bertz CT molecular complexity index is 793.